The Morgan fingerprint density at radius 2 is 2.00 bits per heavy atom. The van der Waals surface area contributed by atoms with Crippen molar-refractivity contribution in [3.05, 3.63) is 35.1 Å². The standard InChI is InChI=1S/C17H22FNO3/c1-17(2,10-16(21)22-3)9-15(20)19-7-6-12-8-14(18)5-4-13(12)11-19/h4-5,8H,6-7,9-11H2,1-3H3. The van der Waals surface area contributed by atoms with E-state index in [9.17, 15) is 14.0 Å². The van der Waals surface area contributed by atoms with E-state index in [0.29, 0.717) is 25.9 Å². The van der Waals surface area contributed by atoms with Crippen molar-refractivity contribution >= 4 is 11.9 Å². The van der Waals surface area contributed by atoms with Crippen molar-refractivity contribution < 1.29 is 18.7 Å². The van der Waals surface area contributed by atoms with Gasteiger partial charge >= 0.3 is 5.97 Å². The van der Waals surface area contributed by atoms with Gasteiger partial charge in [-0.3, -0.25) is 9.59 Å². The topological polar surface area (TPSA) is 46.6 Å². The summed E-state index contributed by atoms with van der Waals surface area (Å²) in [4.78, 5) is 25.6. The van der Waals surface area contributed by atoms with E-state index in [1.54, 1.807) is 17.0 Å². The third-order valence-electron chi connectivity index (χ3n) is 4.01. The van der Waals surface area contributed by atoms with Crippen LogP contribution in [0.15, 0.2) is 18.2 Å². The second kappa shape index (κ2) is 6.46. The van der Waals surface area contributed by atoms with E-state index in [1.807, 2.05) is 13.8 Å². The van der Waals surface area contributed by atoms with Crippen LogP contribution in [0.5, 0.6) is 0 Å². The molecule has 1 aliphatic heterocycles. The Morgan fingerprint density at radius 3 is 2.68 bits per heavy atom. The Kier molecular flexibility index (Phi) is 4.84. The maximum atomic E-state index is 13.2. The quantitative estimate of drug-likeness (QED) is 0.804. The number of nitrogens with zero attached hydrogens (tertiary/aromatic N) is 1. The Balaban J connectivity index is 1.99. The van der Waals surface area contributed by atoms with E-state index >= 15 is 0 Å². The molecule has 0 saturated carbocycles. The van der Waals surface area contributed by atoms with Crippen molar-refractivity contribution in [2.24, 2.45) is 5.41 Å². The number of esters is 1. The third-order valence-corrected chi connectivity index (χ3v) is 4.01. The van der Waals surface area contributed by atoms with Crippen LogP contribution in [0, 0.1) is 11.2 Å². The Morgan fingerprint density at radius 1 is 1.27 bits per heavy atom. The number of amides is 1. The van der Waals surface area contributed by atoms with Crippen molar-refractivity contribution in [3.63, 3.8) is 0 Å². The zero-order valence-corrected chi connectivity index (χ0v) is 13.3. The van der Waals surface area contributed by atoms with Gasteiger partial charge < -0.3 is 9.64 Å². The molecule has 0 unspecified atom stereocenters. The number of benzene rings is 1. The van der Waals surface area contributed by atoms with Gasteiger partial charge in [-0.25, -0.2) is 4.39 Å². The number of carbonyl (C=O) groups is 2. The highest BCUT2D eigenvalue weighted by atomic mass is 19.1. The molecule has 1 aliphatic rings. The molecule has 1 heterocycles. The SMILES string of the molecule is COC(=O)CC(C)(C)CC(=O)N1CCc2cc(F)ccc2C1. The summed E-state index contributed by atoms with van der Waals surface area (Å²) in [5.41, 5.74) is 1.53. The van der Waals surface area contributed by atoms with Crippen molar-refractivity contribution in [1.82, 2.24) is 4.90 Å². The third kappa shape index (κ3) is 4.06. The fraction of sp³-hybridized carbons (Fsp3) is 0.529. The van der Waals surface area contributed by atoms with Gasteiger partial charge in [-0.2, -0.15) is 0 Å². The molecule has 2 rings (SSSR count). The van der Waals surface area contributed by atoms with Crippen LogP contribution in [0.2, 0.25) is 0 Å². The molecule has 0 fully saturated rings. The van der Waals surface area contributed by atoms with E-state index in [4.69, 9.17) is 0 Å². The van der Waals surface area contributed by atoms with Crippen molar-refractivity contribution in [1.29, 1.82) is 0 Å². The van der Waals surface area contributed by atoms with Crippen LogP contribution in [0.3, 0.4) is 0 Å². The lowest BCUT2D eigenvalue weighted by molar-refractivity contribution is -0.144. The van der Waals surface area contributed by atoms with E-state index in [0.717, 1.165) is 11.1 Å². The molecule has 1 aromatic rings. The highest BCUT2D eigenvalue weighted by Crippen LogP contribution is 2.28. The van der Waals surface area contributed by atoms with Gasteiger partial charge in [0.25, 0.3) is 0 Å². The first kappa shape index (κ1) is 16.5. The highest BCUT2D eigenvalue weighted by molar-refractivity contribution is 5.78. The smallest absolute Gasteiger partial charge is 0.306 e. The van der Waals surface area contributed by atoms with Crippen LogP contribution in [-0.4, -0.2) is 30.4 Å². The Labute approximate surface area is 130 Å². The summed E-state index contributed by atoms with van der Waals surface area (Å²) < 4.78 is 17.9. The molecule has 4 nitrogen and oxygen atoms in total. The van der Waals surface area contributed by atoms with Gasteiger partial charge in [0.15, 0.2) is 0 Å². The number of hydrogen-bond donors (Lipinski definition) is 0. The van der Waals surface area contributed by atoms with Gasteiger partial charge in [0.1, 0.15) is 5.82 Å². The number of fused-ring (bicyclic) bond motifs is 1. The Hall–Kier alpha value is -1.91. The summed E-state index contributed by atoms with van der Waals surface area (Å²) >= 11 is 0. The molecule has 0 bridgehead atoms. The van der Waals surface area contributed by atoms with E-state index < -0.39 is 5.41 Å². The monoisotopic (exact) mass is 307 g/mol. The molecular formula is C17H22FNO3. The minimum Gasteiger partial charge on any atom is -0.469 e. The molecule has 0 aromatic heterocycles. The molecule has 0 N–H and O–H groups in total. The second-order valence-electron chi connectivity index (χ2n) is 6.57. The zero-order chi connectivity index (χ0) is 16.3. The molecule has 5 heteroatoms. The fourth-order valence-electron chi connectivity index (χ4n) is 2.78. The van der Waals surface area contributed by atoms with Gasteiger partial charge in [-0.15, -0.1) is 0 Å². The summed E-state index contributed by atoms with van der Waals surface area (Å²) in [5.74, 6) is -0.529. The Bertz CT molecular complexity index is 583. The molecule has 1 aromatic carbocycles. The van der Waals surface area contributed by atoms with Crippen LogP contribution in [0.4, 0.5) is 4.39 Å². The normalized spacial score (nSPS) is 14.5. The van der Waals surface area contributed by atoms with Crippen LogP contribution >= 0.6 is 0 Å². The van der Waals surface area contributed by atoms with Gasteiger partial charge in [-0.1, -0.05) is 19.9 Å². The van der Waals surface area contributed by atoms with Crippen molar-refractivity contribution in [2.75, 3.05) is 13.7 Å². The molecule has 0 saturated heterocycles. The lowest BCUT2D eigenvalue weighted by Crippen LogP contribution is -2.38. The average Bonchev–Trinajstić information content (AvgIpc) is 2.45. The summed E-state index contributed by atoms with van der Waals surface area (Å²) in [6, 6.07) is 4.70. The molecule has 120 valence electrons. The predicted octanol–water partition coefficient (Wildman–Crippen LogP) is 2.69. The molecule has 0 atom stereocenters. The second-order valence-corrected chi connectivity index (χ2v) is 6.57. The molecule has 1 amide bonds. The molecule has 0 aliphatic carbocycles. The summed E-state index contributed by atoms with van der Waals surface area (Å²) in [5, 5.41) is 0. The first-order valence-electron chi connectivity index (χ1n) is 7.43. The van der Waals surface area contributed by atoms with E-state index in [-0.39, 0.29) is 24.1 Å². The fourth-order valence-corrected chi connectivity index (χ4v) is 2.78. The van der Waals surface area contributed by atoms with Gasteiger partial charge in [0.2, 0.25) is 5.91 Å². The van der Waals surface area contributed by atoms with Gasteiger partial charge in [0, 0.05) is 19.5 Å². The predicted molar refractivity (Wildman–Crippen MR) is 80.6 cm³/mol. The number of ether oxygens (including phenoxy) is 1. The first-order chi connectivity index (χ1) is 10.3. The summed E-state index contributed by atoms with van der Waals surface area (Å²) in [7, 11) is 1.35. The van der Waals surface area contributed by atoms with Crippen LogP contribution in [0.1, 0.15) is 37.8 Å². The maximum Gasteiger partial charge on any atom is 0.306 e. The van der Waals surface area contributed by atoms with Crippen LogP contribution in [0.25, 0.3) is 0 Å². The van der Waals surface area contributed by atoms with E-state index in [2.05, 4.69) is 4.74 Å². The first-order valence-corrected chi connectivity index (χ1v) is 7.43. The number of hydrogen-bond acceptors (Lipinski definition) is 3. The highest BCUT2D eigenvalue weighted by Gasteiger charge is 2.29. The summed E-state index contributed by atoms with van der Waals surface area (Å²) in [6.07, 6.45) is 1.17. The van der Waals surface area contributed by atoms with E-state index in [1.165, 1.54) is 13.2 Å². The number of methoxy groups -OCH3 is 1. The number of halogens is 1. The average molecular weight is 307 g/mol. The minimum atomic E-state index is -0.437. The minimum absolute atomic E-state index is 0.0175. The molecule has 0 radical (unpaired) electrons. The number of rotatable bonds is 4. The molecular weight excluding hydrogens is 285 g/mol. The zero-order valence-electron chi connectivity index (χ0n) is 13.3. The van der Waals surface area contributed by atoms with Crippen molar-refractivity contribution in [3.8, 4) is 0 Å². The van der Waals surface area contributed by atoms with Crippen LogP contribution in [-0.2, 0) is 27.3 Å². The molecule has 22 heavy (non-hydrogen) atoms. The largest absolute Gasteiger partial charge is 0.469 e. The molecule has 0 spiro atoms. The lowest BCUT2D eigenvalue weighted by Gasteiger charge is -2.32. The maximum absolute atomic E-state index is 13.2. The van der Waals surface area contributed by atoms with Crippen molar-refractivity contribution in [2.45, 2.75) is 39.7 Å². The lowest BCUT2D eigenvalue weighted by atomic mass is 9.85. The van der Waals surface area contributed by atoms with Gasteiger partial charge in [0.05, 0.1) is 13.5 Å². The van der Waals surface area contributed by atoms with Gasteiger partial charge in [-0.05, 0) is 35.1 Å². The van der Waals surface area contributed by atoms with Crippen LogP contribution < -0.4 is 0 Å². The number of carbonyl (C=O) groups excluding carboxylic acids is 2. The summed E-state index contributed by atoms with van der Waals surface area (Å²) in [6.45, 7) is 4.86.